The van der Waals surface area contributed by atoms with Gasteiger partial charge in [0.25, 0.3) is 11.8 Å². The molecule has 0 aromatic carbocycles. The Balaban J connectivity index is 1.76. The Hall–Kier alpha value is -3.08. The van der Waals surface area contributed by atoms with Crippen LogP contribution in [0.1, 0.15) is 5.69 Å². The van der Waals surface area contributed by atoms with Crippen molar-refractivity contribution in [3.63, 3.8) is 0 Å². The first-order valence-electron chi connectivity index (χ1n) is 9.53. The zero-order chi connectivity index (χ0) is 24.8. The number of anilines is 1. The van der Waals surface area contributed by atoms with Gasteiger partial charge in [-0.15, -0.1) is 23.1 Å². The van der Waals surface area contributed by atoms with E-state index in [9.17, 15) is 24.3 Å². The number of hydrogen-bond donors (Lipinski definition) is 4. The summed E-state index contributed by atoms with van der Waals surface area (Å²) in [6.07, 6.45) is 1.15. The number of esters is 1. The molecule has 2 amide bonds. The monoisotopic (exact) mass is 528 g/mol. The second-order valence-corrected chi connectivity index (χ2v) is 9.51. The van der Waals surface area contributed by atoms with E-state index in [1.54, 1.807) is 0 Å². The number of nitrogens with zero attached hydrogens (tertiary/aromatic N) is 3. The molecule has 6 N–H and O–H groups in total. The quantitative estimate of drug-likeness (QED) is 0.0760. The standard InChI is InChI=1S/C18H20N6O7S3/c1-30-10(25)2-5-32-9-7-33-16-12(15(27)24(16)13(9)17(28)29)22-14(26)11(23-31-4-3-19)8-6-34-18(20)21-8/h2,5-6,12,16H,3-4,7,19H2,1H3,(H2,20,21)(H,22,26)(H,28,29)/b5-2-,23-11-/t12-,16-/m1/s1. The SMILES string of the molecule is COC(=O)/C=C\SC1=C(C(=O)O)N2C(=O)[C@@H](NC(=O)/C(=N\OCCN)c3csc(N)n3)[C@H]2SC1. The van der Waals surface area contributed by atoms with E-state index in [1.165, 1.54) is 29.7 Å². The second-order valence-electron chi connectivity index (χ2n) is 6.51. The van der Waals surface area contributed by atoms with Crippen molar-refractivity contribution in [3.05, 3.63) is 33.2 Å². The summed E-state index contributed by atoms with van der Waals surface area (Å²) in [6, 6.07) is -0.986. The first kappa shape index (κ1) is 25.5. The smallest absolute Gasteiger partial charge is 0.353 e. The van der Waals surface area contributed by atoms with Gasteiger partial charge in [0.2, 0.25) is 0 Å². The third kappa shape index (κ3) is 5.52. The molecule has 2 aliphatic rings. The summed E-state index contributed by atoms with van der Waals surface area (Å²) in [5.41, 5.74) is 10.8. The molecule has 3 heterocycles. The number of β-lactam (4-membered cyclic amide) rings is 1. The molecule has 3 rings (SSSR count). The summed E-state index contributed by atoms with van der Waals surface area (Å²) in [5.74, 6) is -2.97. The lowest BCUT2D eigenvalue weighted by Gasteiger charge is -2.49. The van der Waals surface area contributed by atoms with Gasteiger partial charge in [-0.3, -0.25) is 14.5 Å². The molecule has 1 fully saturated rings. The van der Waals surface area contributed by atoms with Gasteiger partial charge in [-0.2, -0.15) is 0 Å². The van der Waals surface area contributed by atoms with E-state index < -0.39 is 35.2 Å². The molecule has 1 saturated heterocycles. The van der Waals surface area contributed by atoms with Crippen LogP contribution in [-0.4, -0.2) is 81.9 Å². The number of nitrogens with two attached hydrogens (primary N) is 2. The summed E-state index contributed by atoms with van der Waals surface area (Å²) in [5, 5.41) is 18.5. The van der Waals surface area contributed by atoms with Gasteiger partial charge < -0.3 is 31.5 Å². The number of oxime groups is 1. The molecule has 1 aromatic heterocycles. The molecule has 0 saturated carbocycles. The number of nitrogen functional groups attached to an aromatic ring is 1. The van der Waals surface area contributed by atoms with Crippen LogP contribution in [0.5, 0.6) is 0 Å². The third-order valence-electron chi connectivity index (χ3n) is 4.38. The first-order valence-corrected chi connectivity index (χ1v) is 12.3. The Labute approximate surface area is 205 Å². The summed E-state index contributed by atoms with van der Waals surface area (Å²) in [6.45, 7) is 0.231. The fourth-order valence-corrected chi connectivity index (χ4v) is 5.75. The molecule has 2 aliphatic heterocycles. The lowest BCUT2D eigenvalue weighted by atomic mass is 10.0. The van der Waals surface area contributed by atoms with E-state index in [4.69, 9.17) is 16.3 Å². The Morgan fingerprint density at radius 1 is 1.47 bits per heavy atom. The van der Waals surface area contributed by atoms with Gasteiger partial charge in [0.1, 0.15) is 29.4 Å². The van der Waals surface area contributed by atoms with Crippen LogP contribution in [0, 0.1) is 0 Å². The van der Waals surface area contributed by atoms with Gasteiger partial charge in [0.15, 0.2) is 10.8 Å². The van der Waals surface area contributed by atoms with Gasteiger partial charge in [-0.25, -0.2) is 14.6 Å². The average Bonchev–Trinajstić information content (AvgIpc) is 3.25. The van der Waals surface area contributed by atoms with Crippen LogP contribution in [0.4, 0.5) is 5.13 Å². The maximum atomic E-state index is 12.9. The predicted octanol–water partition coefficient (Wildman–Crippen LogP) is -0.479. The van der Waals surface area contributed by atoms with Crippen LogP contribution < -0.4 is 16.8 Å². The number of hydrogen-bond acceptors (Lipinski definition) is 13. The highest BCUT2D eigenvalue weighted by molar-refractivity contribution is 8.08. The Bertz CT molecular complexity index is 1090. The molecule has 0 radical (unpaired) electrons. The number of methoxy groups -OCH3 is 1. The van der Waals surface area contributed by atoms with Crippen LogP contribution in [0.2, 0.25) is 0 Å². The topological polar surface area (TPSA) is 200 Å². The van der Waals surface area contributed by atoms with Crippen LogP contribution in [0.25, 0.3) is 0 Å². The minimum atomic E-state index is -1.30. The van der Waals surface area contributed by atoms with E-state index >= 15 is 0 Å². The van der Waals surface area contributed by atoms with E-state index in [1.807, 2.05) is 0 Å². The van der Waals surface area contributed by atoms with Crippen LogP contribution in [0.15, 0.2) is 32.6 Å². The number of carboxylic acids is 1. The number of amides is 2. The highest BCUT2D eigenvalue weighted by Gasteiger charge is 2.54. The number of thioether (sulfide) groups is 2. The maximum Gasteiger partial charge on any atom is 0.353 e. The first-order chi connectivity index (χ1) is 16.3. The van der Waals surface area contributed by atoms with Gasteiger partial charge in [-0.05, 0) is 5.41 Å². The van der Waals surface area contributed by atoms with Gasteiger partial charge in [0, 0.05) is 28.7 Å². The number of aromatic nitrogens is 1. The van der Waals surface area contributed by atoms with Crippen LogP contribution in [0.3, 0.4) is 0 Å². The predicted molar refractivity (Wildman–Crippen MR) is 127 cm³/mol. The number of thiazole rings is 1. The summed E-state index contributed by atoms with van der Waals surface area (Å²) >= 11 is 3.37. The number of aliphatic carboxylic acids is 1. The fraction of sp³-hybridized carbons (Fsp3) is 0.333. The molecule has 0 unspecified atom stereocenters. The zero-order valence-electron chi connectivity index (χ0n) is 17.6. The highest BCUT2D eigenvalue weighted by atomic mass is 32.2. The highest BCUT2D eigenvalue weighted by Crippen LogP contribution is 2.43. The van der Waals surface area contributed by atoms with Crippen LogP contribution >= 0.6 is 34.9 Å². The van der Waals surface area contributed by atoms with Crippen LogP contribution in [-0.2, 0) is 28.8 Å². The number of rotatable bonds is 10. The Morgan fingerprint density at radius 2 is 2.24 bits per heavy atom. The van der Waals surface area contributed by atoms with Crippen molar-refractivity contribution in [2.45, 2.75) is 11.4 Å². The van der Waals surface area contributed by atoms with Gasteiger partial charge in [0.05, 0.1) is 7.11 Å². The van der Waals surface area contributed by atoms with Crippen molar-refractivity contribution in [2.75, 3.05) is 31.7 Å². The Morgan fingerprint density at radius 3 is 2.85 bits per heavy atom. The summed E-state index contributed by atoms with van der Waals surface area (Å²) in [4.78, 5) is 59.4. The van der Waals surface area contributed by atoms with E-state index in [0.717, 1.165) is 34.1 Å². The zero-order valence-corrected chi connectivity index (χ0v) is 20.1. The maximum absolute atomic E-state index is 12.9. The molecule has 182 valence electrons. The third-order valence-corrected chi connectivity index (χ3v) is 7.41. The normalized spacial score (nSPS) is 20.1. The minimum absolute atomic E-state index is 0.0582. The molecule has 2 atom stereocenters. The fourth-order valence-electron chi connectivity index (χ4n) is 2.89. The summed E-state index contributed by atoms with van der Waals surface area (Å²) < 4.78 is 4.50. The molecule has 1 aromatic rings. The van der Waals surface area contributed by atoms with Crippen molar-refractivity contribution in [1.29, 1.82) is 0 Å². The minimum Gasteiger partial charge on any atom is -0.477 e. The number of fused-ring (bicyclic) bond motifs is 1. The van der Waals surface area contributed by atoms with Gasteiger partial charge >= 0.3 is 11.9 Å². The lowest BCUT2D eigenvalue weighted by molar-refractivity contribution is -0.150. The van der Waals surface area contributed by atoms with Crippen molar-refractivity contribution in [3.8, 4) is 0 Å². The number of nitrogens with one attached hydrogen (secondary N) is 1. The number of carbonyl (C=O) groups is 4. The molecule has 0 bridgehead atoms. The lowest BCUT2D eigenvalue weighted by Crippen LogP contribution is -2.71. The largest absolute Gasteiger partial charge is 0.477 e. The van der Waals surface area contributed by atoms with Gasteiger partial charge in [-0.1, -0.05) is 16.9 Å². The number of carboxylic acid groups (broad SMARTS) is 1. The van der Waals surface area contributed by atoms with E-state index in [-0.39, 0.29) is 41.1 Å². The molecule has 13 nitrogen and oxygen atoms in total. The van der Waals surface area contributed by atoms with E-state index in [2.05, 4.69) is 20.2 Å². The van der Waals surface area contributed by atoms with Crippen molar-refractivity contribution in [2.24, 2.45) is 10.9 Å². The second kappa shape index (κ2) is 11.4. The molecule has 34 heavy (non-hydrogen) atoms. The van der Waals surface area contributed by atoms with E-state index in [0.29, 0.717) is 4.91 Å². The van der Waals surface area contributed by atoms with Crippen molar-refractivity contribution < 1.29 is 33.9 Å². The molecular formula is C18H20N6O7S3. The molecule has 0 spiro atoms. The molecular weight excluding hydrogens is 508 g/mol. The molecule has 0 aliphatic carbocycles. The Kier molecular flexibility index (Phi) is 8.54. The molecule has 16 heteroatoms. The number of carbonyl (C=O) groups excluding carboxylic acids is 3. The average molecular weight is 529 g/mol. The van der Waals surface area contributed by atoms with Crippen molar-refractivity contribution >= 4 is 69.5 Å². The summed E-state index contributed by atoms with van der Waals surface area (Å²) in [7, 11) is 1.22. The number of ether oxygens (including phenoxy) is 1. The van der Waals surface area contributed by atoms with Crippen molar-refractivity contribution in [1.82, 2.24) is 15.2 Å².